The standard InChI is InChI=1S/C20H26N2O3S/c1-14(22-8-6-19-15(13-22)7-9-26-19)12-21-20(23)11-16-10-17(24-2)4-5-18(16)25-3/h4-5,7,9-10,14H,6,8,11-13H2,1-3H3,(H,21,23). The Morgan fingerprint density at radius 2 is 2.15 bits per heavy atom. The third-order valence-electron chi connectivity index (χ3n) is 4.89. The van der Waals surface area contributed by atoms with Gasteiger partial charge in [0, 0.05) is 36.1 Å². The number of benzene rings is 1. The van der Waals surface area contributed by atoms with Crippen molar-refractivity contribution in [2.45, 2.75) is 32.4 Å². The average molecular weight is 375 g/mol. The third kappa shape index (κ3) is 4.37. The lowest BCUT2D eigenvalue weighted by atomic mass is 10.1. The Morgan fingerprint density at radius 1 is 1.31 bits per heavy atom. The number of amides is 1. The van der Waals surface area contributed by atoms with E-state index in [-0.39, 0.29) is 12.3 Å². The Morgan fingerprint density at radius 3 is 2.92 bits per heavy atom. The zero-order valence-corrected chi connectivity index (χ0v) is 16.4. The highest BCUT2D eigenvalue weighted by molar-refractivity contribution is 7.10. The molecule has 140 valence electrons. The van der Waals surface area contributed by atoms with Crippen molar-refractivity contribution >= 4 is 17.2 Å². The normalized spacial score (nSPS) is 15.2. The van der Waals surface area contributed by atoms with Gasteiger partial charge in [-0.05, 0) is 48.6 Å². The molecule has 1 amide bonds. The number of hydrogen-bond acceptors (Lipinski definition) is 5. The summed E-state index contributed by atoms with van der Waals surface area (Å²) in [5.41, 5.74) is 2.26. The van der Waals surface area contributed by atoms with Crippen LogP contribution in [-0.2, 0) is 24.2 Å². The Bertz CT molecular complexity index is 759. The highest BCUT2D eigenvalue weighted by atomic mass is 32.1. The molecule has 1 unspecified atom stereocenters. The lowest BCUT2D eigenvalue weighted by molar-refractivity contribution is -0.120. The van der Waals surface area contributed by atoms with Crippen LogP contribution in [0.5, 0.6) is 11.5 Å². The molecule has 0 radical (unpaired) electrons. The Hall–Kier alpha value is -2.05. The minimum absolute atomic E-state index is 0.00312. The van der Waals surface area contributed by atoms with Crippen molar-refractivity contribution in [2.24, 2.45) is 0 Å². The first kappa shape index (κ1) is 18.7. The summed E-state index contributed by atoms with van der Waals surface area (Å²) in [6.07, 6.45) is 1.38. The largest absolute Gasteiger partial charge is 0.497 e. The van der Waals surface area contributed by atoms with Crippen molar-refractivity contribution in [2.75, 3.05) is 27.3 Å². The van der Waals surface area contributed by atoms with E-state index in [1.165, 1.54) is 10.4 Å². The van der Waals surface area contributed by atoms with Gasteiger partial charge in [0.1, 0.15) is 11.5 Å². The Balaban J connectivity index is 1.53. The fourth-order valence-corrected chi connectivity index (χ4v) is 4.18. The van der Waals surface area contributed by atoms with Crippen LogP contribution in [0.4, 0.5) is 0 Å². The van der Waals surface area contributed by atoms with Gasteiger partial charge in [-0.1, -0.05) is 0 Å². The topological polar surface area (TPSA) is 50.8 Å². The molecule has 0 aliphatic carbocycles. The van der Waals surface area contributed by atoms with Crippen molar-refractivity contribution in [1.29, 1.82) is 0 Å². The zero-order chi connectivity index (χ0) is 18.5. The first-order valence-corrected chi connectivity index (χ1v) is 9.75. The van der Waals surface area contributed by atoms with Gasteiger partial charge in [-0.3, -0.25) is 9.69 Å². The Kier molecular flexibility index (Phi) is 6.16. The minimum atomic E-state index is -0.00312. The molecule has 1 aliphatic rings. The van der Waals surface area contributed by atoms with E-state index in [0.29, 0.717) is 18.3 Å². The number of nitrogens with one attached hydrogen (secondary N) is 1. The molecular weight excluding hydrogens is 348 g/mol. The van der Waals surface area contributed by atoms with E-state index in [9.17, 15) is 4.79 Å². The maximum absolute atomic E-state index is 12.4. The van der Waals surface area contributed by atoms with Crippen LogP contribution in [0.2, 0.25) is 0 Å². The van der Waals surface area contributed by atoms with Gasteiger partial charge in [-0.15, -0.1) is 11.3 Å². The van der Waals surface area contributed by atoms with Gasteiger partial charge in [0.05, 0.1) is 20.6 Å². The second-order valence-electron chi connectivity index (χ2n) is 6.60. The molecule has 1 aromatic heterocycles. The van der Waals surface area contributed by atoms with E-state index in [4.69, 9.17) is 9.47 Å². The van der Waals surface area contributed by atoms with Crippen molar-refractivity contribution < 1.29 is 14.3 Å². The summed E-state index contributed by atoms with van der Waals surface area (Å²) in [6, 6.07) is 8.03. The number of ether oxygens (including phenoxy) is 2. The first-order chi connectivity index (χ1) is 12.6. The molecule has 0 bridgehead atoms. The van der Waals surface area contributed by atoms with Crippen LogP contribution in [0.3, 0.4) is 0 Å². The highest BCUT2D eigenvalue weighted by Gasteiger charge is 2.21. The van der Waals surface area contributed by atoms with Crippen LogP contribution in [-0.4, -0.2) is 44.2 Å². The van der Waals surface area contributed by atoms with E-state index in [1.54, 1.807) is 14.2 Å². The second kappa shape index (κ2) is 8.56. The van der Waals surface area contributed by atoms with Crippen LogP contribution in [0, 0.1) is 0 Å². The van der Waals surface area contributed by atoms with Gasteiger partial charge in [0.25, 0.3) is 0 Å². The van der Waals surface area contributed by atoms with Crippen LogP contribution in [0.25, 0.3) is 0 Å². The van der Waals surface area contributed by atoms with Crippen LogP contribution >= 0.6 is 11.3 Å². The summed E-state index contributed by atoms with van der Waals surface area (Å²) in [5, 5.41) is 5.23. The predicted octanol–water partition coefficient (Wildman–Crippen LogP) is 2.87. The summed E-state index contributed by atoms with van der Waals surface area (Å²) >= 11 is 1.85. The monoisotopic (exact) mass is 374 g/mol. The number of fused-ring (bicyclic) bond motifs is 1. The van der Waals surface area contributed by atoms with Crippen LogP contribution < -0.4 is 14.8 Å². The van der Waals surface area contributed by atoms with Crippen LogP contribution in [0.1, 0.15) is 22.9 Å². The van der Waals surface area contributed by atoms with Gasteiger partial charge in [-0.25, -0.2) is 0 Å². The molecule has 1 aromatic carbocycles. The fourth-order valence-electron chi connectivity index (χ4n) is 3.29. The lowest BCUT2D eigenvalue weighted by Crippen LogP contribution is -2.44. The molecule has 1 aliphatic heterocycles. The van der Waals surface area contributed by atoms with Gasteiger partial charge in [0.15, 0.2) is 0 Å². The summed E-state index contributed by atoms with van der Waals surface area (Å²) in [4.78, 5) is 16.3. The average Bonchev–Trinajstić information content (AvgIpc) is 3.13. The maximum atomic E-state index is 12.4. The fraction of sp³-hybridized carbons (Fsp3) is 0.450. The highest BCUT2D eigenvalue weighted by Crippen LogP contribution is 2.26. The van der Waals surface area contributed by atoms with Gasteiger partial charge >= 0.3 is 0 Å². The quantitative estimate of drug-likeness (QED) is 0.810. The SMILES string of the molecule is COc1ccc(OC)c(CC(=O)NCC(C)N2CCc3sccc3C2)c1. The zero-order valence-electron chi connectivity index (χ0n) is 15.6. The van der Waals surface area contributed by atoms with Crippen LogP contribution in [0.15, 0.2) is 29.6 Å². The molecule has 2 heterocycles. The number of methoxy groups -OCH3 is 2. The number of hydrogen-bond donors (Lipinski definition) is 1. The van der Waals surface area contributed by atoms with Crippen molar-refractivity contribution in [1.82, 2.24) is 10.2 Å². The second-order valence-corrected chi connectivity index (χ2v) is 7.60. The Labute approximate surface area is 158 Å². The molecule has 5 nitrogen and oxygen atoms in total. The predicted molar refractivity (Wildman–Crippen MR) is 104 cm³/mol. The molecule has 0 saturated heterocycles. The molecule has 6 heteroatoms. The number of carbonyl (C=O) groups is 1. The molecule has 26 heavy (non-hydrogen) atoms. The molecule has 1 N–H and O–H groups in total. The molecule has 3 rings (SSSR count). The number of thiophene rings is 1. The minimum Gasteiger partial charge on any atom is -0.497 e. The molecule has 2 aromatic rings. The summed E-state index contributed by atoms with van der Waals surface area (Å²) in [6.45, 7) is 4.84. The van der Waals surface area contributed by atoms with Gasteiger partial charge < -0.3 is 14.8 Å². The smallest absolute Gasteiger partial charge is 0.224 e. The molecule has 0 saturated carbocycles. The number of rotatable bonds is 7. The van der Waals surface area contributed by atoms with E-state index in [0.717, 1.165) is 30.8 Å². The van der Waals surface area contributed by atoms with Gasteiger partial charge in [-0.2, -0.15) is 0 Å². The molecule has 0 fully saturated rings. The van der Waals surface area contributed by atoms with E-state index < -0.39 is 0 Å². The molecule has 1 atom stereocenters. The number of carbonyl (C=O) groups excluding carboxylic acids is 1. The summed E-state index contributed by atoms with van der Waals surface area (Å²) in [7, 11) is 3.23. The maximum Gasteiger partial charge on any atom is 0.224 e. The van der Waals surface area contributed by atoms with Crippen molar-refractivity contribution in [3.05, 3.63) is 45.6 Å². The lowest BCUT2D eigenvalue weighted by Gasteiger charge is -2.32. The number of nitrogens with zero attached hydrogens (tertiary/aromatic N) is 1. The van der Waals surface area contributed by atoms with Crippen molar-refractivity contribution in [3.8, 4) is 11.5 Å². The van der Waals surface area contributed by atoms with E-state index in [2.05, 4.69) is 28.6 Å². The van der Waals surface area contributed by atoms with Gasteiger partial charge in [0.2, 0.25) is 5.91 Å². The van der Waals surface area contributed by atoms with E-state index in [1.807, 2.05) is 29.5 Å². The summed E-state index contributed by atoms with van der Waals surface area (Å²) in [5.74, 6) is 1.42. The summed E-state index contributed by atoms with van der Waals surface area (Å²) < 4.78 is 10.6. The van der Waals surface area contributed by atoms with E-state index >= 15 is 0 Å². The first-order valence-electron chi connectivity index (χ1n) is 8.87. The molecular formula is C20H26N2O3S. The third-order valence-corrected chi connectivity index (χ3v) is 5.92. The van der Waals surface area contributed by atoms with Crippen molar-refractivity contribution in [3.63, 3.8) is 0 Å². The molecule has 0 spiro atoms.